The van der Waals surface area contributed by atoms with Gasteiger partial charge in [-0.25, -0.2) is 4.98 Å². The van der Waals surface area contributed by atoms with Crippen LogP contribution in [0.5, 0.6) is 0 Å². The number of aromatic nitrogens is 1. The molecule has 3 rings (SSSR count). The van der Waals surface area contributed by atoms with E-state index in [4.69, 9.17) is 0 Å². The molecule has 2 aromatic rings. The largest absolute Gasteiger partial charge is 0.417 e. The maximum absolute atomic E-state index is 13.2. The first-order valence-electron chi connectivity index (χ1n) is 9.55. The monoisotopic (exact) mass is 401 g/mol. The first-order valence-corrected chi connectivity index (χ1v) is 9.55. The number of nitrogens with zero attached hydrogens (tertiary/aromatic N) is 3. The lowest BCUT2D eigenvalue weighted by Crippen LogP contribution is -2.49. The molecule has 0 N–H and O–H groups in total. The number of pyridine rings is 1. The number of carbonyl (C=O) groups is 1. The number of rotatable bonds is 3. The lowest BCUT2D eigenvalue weighted by Gasteiger charge is -2.35. The molecule has 152 valence electrons. The average Bonchev–Trinajstić information content (AvgIpc) is 2.73. The minimum Gasteiger partial charge on any atom is -0.353 e. The highest BCUT2D eigenvalue weighted by Crippen LogP contribution is 2.32. The van der Waals surface area contributed by atoms with Gasteiger partial charge in [-0.3, -0.25) is 4.79 Å². The highest BCUT2D eigenvalue weighted by atomic mass is 19.4. The van der Waals surface area contributed by atoms with E-state index in [0.29, 0.717) is 26.2 Å². The number of amides is 1. The predicted molar refractivity (Wildman–Crippen MR) is 106 cm³/mol. The Kier molecular flexibility index (Phi) is 6.42. The molecule has 1 aliphatic heterocycles. The van der Waals surface area contributed by atoms with E-state index in [2.05, 4.69) is 23.7 Å². The van der Waals surface area contributed by atoms with Gasteiger partial charge < -0.3 is 9.80 Å². The summed E-state index contributed by atoms with van der Waals surface area (Å²) in [5, 5.41) is 0. The molecule has 0 saturated carbocycles. The average molecular weight is 401 g/mol. The third-order valence-corrected chi connectivity index (χ3v) is 4.71. The van der Waals surface area contributed by atoms with E-state index in [9.17, 15) is 18.0 Å². The van der Waals surface area contributed by atoms with Gasteiger partial charge in [0.2, 0.25) is 0 Å². The second-order valence-electron chi connectivity index (χ2n) is 6.78. The predicted octanol–water partition coefficient (Wildman–Crippen LogP) is 4.21. The molecular formula is C22H22F3N3O. The van der Waals surface area contributed by atoms with E-state index >= 15 is 0 Å². The fraction of sp³-hybridized carbons (Fsp3) is 0.364. The summed E-state index contributed by atoms with van der Waals surface area (Å²) in [6.07, 6.45) is -0.987. The van der Waals surface area contributed by atoms with Crippen molar-refractivity contribution in [2.75, 3.05) is 31.1 Å². The normalized spacial score (nSPS) is 14.3. The Morgan fingerprint density at radius 1 is 1.10 bits per heavy atom. The second-order valence-corrected chi connectivity index (χ2v) is 6.78. The van der Waals surface area contributed by atoms with E-state index in [-0.39, 0.29) is 5.56 Å². The zero-order valence-electron chi connectivity index (χ0n) is 16.2. The summed E-state index contributed by atoms with van der Waals surface area (Å²) in [6, 6.07) is 8.71. The van der Waals surface area contributed by atoms with Gasteiger partial charge >= 0.3 is 6.18 Å². The van der Waals surface area contributed by atoms with Crippen molar-refractivity contribution in [1.82, 2.24) is 9.88 Å². The maximum atomic E-state index is 13.2. The molecule has 1 saturated heterocycles. The fourth-order valence-corrected chi connectivity index (χ4v) is 3.16. The number of piperazine rings is 1. The lowest BCUT2D eigenvalue weighted by molar-refractivity contribution is -0.138. The minimum atomic E-state index is -4.56. The molecule has 0 aliphatic carbocycles. The zero-order valence-corrected chi connectivity index (χ0v) is 16.2. The van der Waals surface area contributed by atoms with E-state index in [1.807, 2.05) is 17.0 Å². The van der Waals surface area contributed by atoms with Crippen LogP contribution >= 0.6 is 0 Å². The number of hydrogen-bond acceptors (Lipinski definition) is 3. The number of halogens is 3. The summed E-state index contributed by atoms with van der Waals surface area (Å²) in [4.78, 5) is 20.6. The molecule has 1 aromatic heterocycles. The van der Waals surface area contributed by atoms with Gasteiger partial charge in [-0.05, 0) is 30.7 Å². The molecule has 1 aromatic carbocycles. The van der Waals surface area contributed by atoms with Gasteiger partial charge in [0.15, 0.2) is 0 Å². The molecule has 0 bridgehead atoms. The number of alkyl halides is 3. The molecule has 1 amide bonds. The van der Waals surface area contributed by atoms with Crippen LogP contribution < -0.4 is 4.90 Å². The smallest absolute Gasteiger partial charge is 0.353 e. The molecule has 0 atom stereocenters. The van der Waals surface area contributed by atoms with Gasteiger partial charge in [0.25, 0.3) is 5.91 Å². The van der Waals surface area contributed by atoms with Crippen LogP contribution in [0.25, 0.3) is 0 Å². The van der Waals surface area contributed by atoms with Crippen LogP contribution in [0, 0.1) is 11.8 Å². The Hall–Kier alpha value is -3.01. The molecule has 0 unspecified atom stereocenters. The molecule has 1 aliphatic rings. The van der Waals surface area contributed by atoms with Crippen molar-refractivity contribution in [2.45, 2.75) is 25.9 Å². The third kappa shape index (κ3) is 5.08. The van der Waals surface area contributed by atoms with Crippen LogP contribution in [0.3, 0.4) is 0 Å². The highest BCUT2D eigenvalue weighted by molar-refractivity contribution is 5.96. The first kappa shape index (κ1) is 20.7. The SMILES string of the molecule is CCCC#Cc1ccc(N2CCN(C(=O)c3ccccc3C(F)(F)F)CC2)nc1. The number of carbonyl (C=O) groups excluding carboxylic acids is 1. The third-order valence-electron chi connectivity index (χ3n) is 4.71. The van der Waals surface area contributed by atoms with Crippen LogP contribution in [-0.2, 0) is 6.18 Å². The van der Waals surface area contributed by atoms with Gasteiger partial charge in [-0.2, -0.15) is 13.2 Å². The second kappa shape index (κ2) is 8.99. The first-order chi connectivity index (χ1) is 13.9. The Morgan fingerprint density at radius 3 is 2.45 bits per heavy atom. The van der Waals surface area contributed by atoms with Gasteiger partial charge in [0.1, 0.15) is 5.82 Å². The number of benzene rings is 1. The van der Waals surface area contributed by atoms with Gasteiger partial charge in [0, 0.05) is 44.4 Å². The maximum Gasteiger partial charge on any atom is 0.417 e. The molecule has 0 radical (unpaired) electrons. The van der Waals surface area contributed by atoms with Crippen molar-refractivity contribution in [3.05, 3.63) is 59.3 Å². The minimum absolute atomic E-state index is 0.304. The van der Waals surface area contributed by atoms with Crippen LogP contribution in [0.1, 0.15) is 41.3 Å². The molecule has 7 heteroatoms. The van der Waals surface area contributed by atoms with Crippen molar-refractivity contribution in [3.63, 3.8) is 0 Å². The molecule has 0 spiro atoms. The highest BCUT2D eigenvalue weighted by Gasteiger charge is 2.36. The number of anilines is 1. The van der Waals surface area contributed by atoms with Crippen molar-refractivity contribution >= 4 is 11.7 Å². The van der Waals surface area contributed by atoms with Crippen LogP contribution in [0.15, 0.2) is 42.6 Å². The van der Waals surface area contributed by atoms with Crippen LogP contribution in [-0.4, -0.2) is 42.0 Å². The van der Waals surface area contributed by atoms with E-state index < -0.39 is 17.6 Å². The van der Waals surface area contributed by atoms with Gasteiger partial charge in [-0.1, -0.05) is 30.9 Å². The Morgan fingerprint density at radius 2 is 1.83 bits per heavy atom. The van der Waals surface area contributed by atoms with Crippen LogP contribution in [0.2, 0.25) is 0 Å². The van der Waals surface area contributed by atoms with Gasteiger partial charge in [0.05, 0.1) is 11.1 Å². The Labute approximate surface area is 168 Å². The lowest BCUT2D eigenvalue weighted by atomic mass is 10.1. The topological polar surface area (TPSA) is 36.4 Å². The summed E-state index contributed by atoms with van der Waals surface area (Å²) in [5.41, 5.74) is -0.352. The quantitative estimate of drug-likeness (QED) is 0.723. The van der Waals surface area contributed by atoms with E-state index in [1.54, 1.807) is 6.20 Å². The van der Waals surface area contributed by atoms with Gasteiger partial charge in [-0.15, -0.1) is 0 Å². The zero-order chi connectivity index (χ0) is 20.9. The Balaban J connectivity index is 1.64. The fourth-order valence-electron chi connectivity index (χ4n) is 3.16. The van der Waals surface area contributed by atoms with Crippen molar-refractivity contribution in [3.8, 4) is 11.8 Å². The van der Waals surface area contributed by atoms with E-state index in [0.717, 1.165) is 30.3 Å². The van der Waals surface area contributed by atoms with Crippen molar-refractivity contribution < 1.29 is 18.0 Å². The molecule has 2 heterocycles. The van der Waals surface area contributed by atoms with Crippen LogP contribution in [0.4, 0.5) is 19.0 Å². The summed E-state index contributed by atoms with van der Waals surface area (Å²) in [6.45, 7) is 3.76. The molecule has 29 heavy (non-hydrogen) atoms. The van der Waals surface area contributed by atoms with E-state index in [1.165, 1.54) is 23.1 Å². The molecule has 1 fully saturated rings. The summed E-state index contributed by atoms with van der Waals surface area (Å²) >= 11 is 0. The van der Waals surface area contributed by atoms with Crippen molar-refractivity contribution in [1.29, 1.82) is 0 Å². The Bertz CT molecular complexity index is 905. The molecular weight excluding hydrogens is 379 g/mol. The summed E-state index contributed by atoms with van der Waals surface area (Å²) < 4.78 is 39.6. The standard InChI is InChI=1S/C22H22F3N3O/c1-2-3-4-7-17-10-11-20(26-16-17)27-12-14-28(15-13-27)21(29)18-8-5-6-9-19(18)22(23,24)25/h5-6,8-11,16H,2-3,12-15H2,1H3. The summed E-state index contributed by atoms with van der Waals surface area (Å²) in [5.74, 6) is 6.31. The molecule has 4 nitrogen and oxygen atoms in total. The number of hydrogen-bond donors (Lipinski definition) is 0. The summed E-state index contributed by atoms with van der Waals surface area (Å²) in [7, 11) is 0. The number of unbranched alkanes of at least 4 members (excludes halogenated alkanes) is 1. The van der Waals surface area contributed by atoms with Crippen molar-refractivity contribution in [2.24, 2.45) is 0 Å².